The van der Waals surface area contributed by atoms with Gasteiger partial charge >= 0.3 is 0 Å². The number of nitrogens with two attached hydrogens (primary N) is 1. The van der Waals surface area contributed by atoms with Gasteiger partial charge in [-0.3, -0.25) is 5.84 Å². The SMILES string of the molecule is NNC(c1cc2cccc(Br)c2o1)c1cc(F)ccc1F. The molecule has 108 valence electrons. The standard InChI is InChI=1S/C15H11BrF2N2O/c16-11-3-1-2-8-6-13(21-15(8)11)14(20-19)10-7-9(17)4-5-12(10)18/h1-7,14,20H,19H2. The molecule has 0 radical (unpaired) electrons. The zero-order valence-corrected chi connectivity index (χ0v) is 12.3. The second kappa shape index (κ2) is 5.55. The van der Waals surface area contributed by atoms with E-state index in [9.17, 15) is 8.78 Å². The molecule has 1 heterocycles. The van der Waals surface area contributed by atoms with Gasteiger partial charge in [-0.2, -0.15) is 0 Å². The molecule has 0 amide bonds. The normalized spacial score (nSPS) is 12.8. The number of halogens is 3. The molecule has 1 aromatic heterocycles. The third kappa shape index (κ3) is 2.57. The Bertz CT molecular complexity index is 803. The Morgan fingerprint density at radius 2 is 1.95 bits per heavy atom. The van der Waals surface area contributed by atoms with Crippen molar-refractivity contribution in [1.82, 2.24) is 5.43 Å². The van der Waals surface area contributed by atoms with Gasteiger partial charge < -0.3 is 4.42 Å². The maximum atomic E-state index is 13.9. The van der Waals surface area contributed by atoms with Crippen molar-refractivity contribution < 1.29 is 13.2 Å². The number of hydrogen-bond acceptors (Lipinski definition) is 3. The summed E-state index contributed by atoms with van der Waals surface area (Å²) >= 11 is 3.38. The van der Waals surface area contributed by atoms with Gasteiger partial charge in [0.15, 0.2) is 0 Å². The Morgan fingerprint density at radius 3 is 2.67 bits per heavy atom. The van der Waals surface area contributed by atoms with Gasteiger partial charge in [-0.1, -0.05) is 12.1 Å². The molecular weight excluding hydrogens is 342 g/mol. The molecule has 0 saturated carbocycles. The Kier molecular flexibility index (Phi) is 3.75. The van der Waals surface area contributed by atoms with E-state index < -0.39 is 17.7 Å². The number of benzene rings is 2. The highest BCUT2D eigenvalue weighted by Crippen LogP contribution is 2.32. The molecule has 0 fully saturated rings. The zero-order valence-electron chi connectivity index (χ0n) is 10.7. The minimum atomic E-state index is -0.778. The average Bonchev–Trinajstić information content (AvgIpc) is 2.89. The van der Waals surface area contributed by atoms with Crippen LogP contribution in [0, 0.1) is 11.6 Å². The molecular formula is C15H11BrF2N2O. The van der Waals surface area contributed by atoms with E-state index in [1.165, 1.54) is 0 Å². The van der Waals surface area contributed by atoms with Crippen LogP contribution in [-0.2, 0) is 0 Å². The maximum absolute atomic E-state index is 13.9. The Hall–Kier alpha value is -1.76. The molecule has 1 atom stereocenters. The van der Waals surface area contributed by atoms with Crippen LogP contribution in [0.3, 0.4) is 0 Å². The lowest BCUT2D eigenvalue weighted by atomic mass is 10.0. The van der Waals surface area contributed by atoms with Crippen LogP contribution in [0.5, 0.6) is 0 Å². The summed E-state index contributed by atoms with van der Waals surface area (Å²) < 4.78 is 33.8. The lowest BCUT2D eigenvalue weighted by Gasteiger charge is -2.14. The Labute approximate surface area is 127 Å². The van der Waals surface area contributed by atoms with Gasteiger partial charge in [0, 0.05) is 10.9 Å². The molecule has 1 unspecified atom stereocenters. The summed E-state index contributed by atoms with van der Waals surface area (Å²) in [5, 5.41) is 0.844. The van der Waals surface area contributed by atoms with Crippen molar-refractivity contribution in [3.05, 3.63) is 69.9 Å². The molecule has 0 bridgehead atoms. The molecule has 3 N–H and O–H groups in total. The van der Waals surface area contributed by atoms with E-state index in [1.807, 2.05) is 18.2 Å². The number of rotatable bonds is 3. The molecule has 3 rings (SSSR count). The molecule has 0 aliphatic carbocycles. The fraction of sp³-hybridized carbons (Fsp3) is 0.0667. The summed E-state index contributed by atoms with van der Waals surface area (Å²) in [7, 11) is 0. The summed E-state index contributed by atoms with van der Waals surface area (Å²) in [5.41, 5.74) is 3.19. The van der Waals surface area contributed by atoms with Gasteiger partial charge in [0.2, 0.25) is 0 Å². The molecule has 2 aromatic carbocycles. The summed E-state index contributed by atoms with van der Waals surface area (Å²) in [6, 6.07) is 9.75. The first-order valence-electron chi connectivity index (χ1n) is 6.19. The zero-order chi connectivity index (χ0) is 15.0. The molecule has 0 spiro atoms. The smallest absolute Gasteiger partial charge is 0.148 e. The molecule has 3 aromatic rings. The van der Waals surface area contributed by atoms with Crippen molar-refractivity contribution in [2.24, 2.45) is 5.84 Å². The third-order valence-corrected chi connectivity index (χ3v) is 3.86. The van der Waals surface area contributed by atoms with E-state index in [4.69, 9.17) is 10.3 Å². The molecule has 21 heavy (non-hydrogen) atoms. The predicted molar refractivity (Wildman–Crippen MR) is 79.4 cm³/mol. The number of furan rings is 1. The number of nitrogens with one attached hydrogen (secondary N) is 1. The lowest BCUT2D eigenvalue weighted by Crippen LogP contribution is -2.29. The first-order valence-corrected chi connectivity index (χ1v) is 6.98. The second-order valence-electron chi connectivity index (χ2n) is 4.57. The average molecular weight is 353 g/mol. The van der Waals surface area contributed by atoms with Gasteiger partial charge in [0.05, 0.1) is 4.47 Å². The van der Waals surface area contributed by atoms with Crippen LogP contribution in [0.25, 0.3) is 11.0 Å². The largest absolute Gasteiger partial charge is 0.458 e. The topological polar surface area (TPSA) is 51.2 Å². The van der Waals surface area contributed by atoms with E-state index in [-0.39, 0.29) is 5.56 Å². The minimum Gasteiger partial charge on any atom is -0.458 e. The fourth-order valence-corrected chi connectivity index (χ4v) is 2.71. The maximum Gasteiger partial charge on any atom is 0.148 e. The van der Waals surface area contributed by atoms with Gasteiger partial charge in [-0.25, -0.2) is 14.2 Å². The molecule has 0 aliphatic rings. The van der Waals surface area contributed by atoms with Crippen molar-refractivity contribution in [3.63, 3.8) is 0 Å². The van der Waals surface area contributed by atoms with Crippen LogP contribution in [0.1, 0.15) is 17.4 Å². The van der Waals surface area contributed by atoms with Gasteiger partial charge in [0.25, 0.3) is 0 Å². The van der Waals surface area contributed by atoms with Crippen LogP contribution >= 0.6 is 15.9 Å². The van der Waals surface area contributed by atoms with E-state index in [2.05, 4.69) is 21.4 Å². The fourth-order valence-electron chi connectivity index (χ4n) is 2.25. The van der Waals surface area contributed by atoms with Gasteiger partial charge in [-0.15, -0.1) is 0 Å². The van der Waals surface area contributed by atoms with E-state index in [0.29, 0.717) is 11.3 Å². The monoisotopic (exact) mass is 352 g/mol. The van der Waals surface area contributed by atoms with E-state index >= 15 is 0 Å². The van der Waals surface area contributed by atoms with Crippen molar-refractivity contribution in [2.45, 2.75) is 6.04 Å². The number of hydrogen-bond donors (Lipinski definition) is 2. The summed E-state index contributed by atoms with van der Waals surface area (Å²) in [5.74, 6) is 4.82. The van der Waals surface area contributed by atoms with Crippen molar-refractivity contribution >= 4 is 26.9 Å². The van der Waals surface area contributed by atoms with Crippen molar-refractivity contribution in [1.29, 1.82) is 0 Å². The van der Waals surface area contributed by atoms with E-state index in [0.717, 1.165) is 28.1 Å². The first-order chi connectivity index (χ1) is 10.1. The molecule has 0 aliphatic heterocycles. The first kappa shape index (κ1) is 14.2. The van der Waals surface area contributed by atoms with Crippen LogP contribution in [-0.4, -0.2) is 0 Å². The summed E-state index contributed by atoms with van der Waals surface area (Å²) in [6.07, 6.45) is 0. The van der Waals surface area contributed by atoms with E-state index in [1.54, 1.807) is 6.07 Å². The van der Waals surface area contributed by atoms with Crippen LogP contribution in [0.15, 0.2) is 51.4 Å². The quantitative estimate of drug-likeness (QED) is 0.552. The third-order valence-electron chi connectivity index (χ3n) is 3.24. The number of para-hydroxylation sites is 1. The predicted octanol–water partition coefficient (Wildman–Crippen LogP) is 4.03. The van der Waals surface area contributed by atoms with Crippen molar-refractivity contribution in [3.8, 4) is 0 Å². The molecule has 3 nitrogen and oxygen atoms in total. The summed E-state index contributed by atoms with van der Waals surface area (Å²) in [6.45, 7) is 0. The highest BCUT2D eigenvalue weighted by molar-refractivity contribution is 9.10. The molecule has 6 heteroatoms. The number of fused-ring (bicyclic) bond motifs is 1. The number of hydrazine groups is 1. The minimum absolute atomic E-state index is 0.0904. The lowest BCUT2D eigenvalue weighted by molar-refractivity contribution is 0.459. The van der Waals surface area contributed by atoms with Gasteiger partial charge in [0.1, 0.15) is 29.0 Å². The second-order valence-corrected chi connectivity index (χ2v) is 5.43. The highest BCUT2D eigenvalue weighted by Gasteiger charge is 2.21. The summed E-state index contributed by atoms with van der Waals surface area (Å²) in [4.78, 5) is 0. The van der Waals surface area contributed by atoms with Crippen LogP contribution in [0.4, 0.5) is 8.78 Å². The van der Waals surface area contributed by atoms with Crippen LogP contribution < -0.4 is 11.3 Å². The Balaban J connectivity index is 2.13. The van der Waals surface area contributed by atoms with Gasteiger partial charge in [-0.05, 0) is 46.3 Å². The molecule has 0 saturated heterocycles. The van der Waals surface area contributed by atoms with Crippen molar-refractivity contribution in [2.75, 3.05) is 0 Å². The van der Waals surface area contributed by atoms with Crippen LogP contribution in [0.2, 0.25) is 0 Å². The highest BCUT2D eigenvalue weighted by atomic mass is 79.9. The Morgan fingerprint density at radius 1 is 1.14 bits per heavy atom.